The summed E-state index contributed by atoms with van der Waals surface area (Å²) in [6.07, 6.45) is 4.82. The summed E-state index contributed by atoms with van der Waals surface area (Å²) in [7, 11) is 0. The van der Waals surface area contributed by atoms with Gasteiger partial charge in [-0.1, -0.05) is 12.6 Å². The molecule has 1 fully saturated rings. The molecular formula is C12H11F2O. The number of hydrogen-bond donors (Lipinski definition) is 0. The Kier molecular flexibility index (Phi) is 2.71. The molecule has 0 unspecified atom stereocenters. The van der Waals surface area contributed by atoms with Crippen LogP contribution in [0, 0.1) is 6.08 Å². The Hall–Kier alpha value is -1.38. The number of halogens is 2. The summed E-state index contributed by atoms with van der Waals surface area (Å²) in [5.74, 6) is 0.651. The van der Waals surface area contributed by atoms with Crippen LogP contribution in [-0.4, -0.2) is 6.61 Å². The van der Waals surface area contributed by atoms with Gasteiger partial charge in [0.2, 0.25) is 0 Å². The summed E-state index contributed by atoms with van der Waals surface area (Å²) in [6.45, 7) is 0.766. The molecular weight excluding hydrogens is 198 g/mol. The zero-order valence-electron chi connectivity index (χ0n) is 8.17. The minimum Gasteiger partial charge on any atom is -0.435 e. The highest BCUT2D eigenvalue weighted by atomic mass is 19.3. The summed E-state index contributed by atoms with van der Waals surface area (Å²) >= 11 is 0. The van der Waals surface area contributed by atoms with Gasteiger partial charge in [-0.05, 0) is 48.1 Å². The lowest BCUT2D eigenvalue weighted by molar-refractivity contribution is -0.0504. The quantitative estimate of drug-likeness (QED) is 0.737. The van der Waals surface area contributed by atoms with Crippen molar-refractivity contribution in [1.82, 2.24) is 0 Å². The second-order valence-electron chi connectivity index (χ2n) is 3.58. The highest BCUT2D eigenvalue weighted by Gasteiger charge is 2.27. The molecule has 3 heteroatoms. The van der Waals surface area contributed by atoms with Gasteiger partial charge in [-0.25, -0.2) is 0 Å². The standard InChI is InChI=1S/C12H11F2O/c1-2-8-3-6-11(15-12(13)14)10(7-8)9-4-5-9/h3,6-7,9,12H,1,4-5H2. The molecule has 1 aliphatic rings. The zero-order valence-corrected chi connectivity index (χ0v) is 8.17. The molecule has 0 N–H and O–H groups in total. The van der Waals surface area contributed by atoms with E-state index in [0.29, 0.717) is 5.92 Å². The summed E-state index contributed by atoms with van der Waals surface area (Å²) < 4.78 is 28.7. The first-order valence-corrected chi connectivity index (χ1v) is 4.82. The van der Waals surface area contributed by atoms with Crippen LogP contribution in [0.25, 0.3) is 0 Å². The summed E-state index contributed by atoms with van der Waals surface area (Å²) in [5, 5.41) is 0. The first kappa shape index (κ1) is 10.1. The molecule has 1 nitrogen and oxygen atoms in total. The predicted molar refractivity (Wildman–Crippen MR) is 53.0 cm³/mol. The molecule has 1 aromatic rings. The number of benzene rings is 1. The van der Waals surface area contributed by atoms with Crippen LogP contribution in [0.5, 0.6) is 5.75 Å². The molecule has 0 aromatic heterocycles. The van der Waals surface area contributed by atoms with Crippen molar-refractivity contribution in [3.63, 3.8) is 0 Å². The van der Waals surface area contributed by atoms with Crippen LogP contribution in [-0.2, 0) is 0 Å². The van der Waals surface area contributed by atoms with Crippen molar-refractivity contribution in [3.05, 3.63) is 42.0 Å². The second kappa shape index (κ2) is 4.01. The van der Waals surface area contributed by atoms with Gasteiger partial charge in [0, 0.05) is 0 Å². The maximum atomic E-state index is 12.1. The van der Waals surface area contributed by atoms with Gasteiger partial charge in [-0.15, -0.1) is 0 Å². The lowest BCUT2D eigenvalue weighted by atomic mass is 10.1. The van der Waals surface area contributed by atoms with Crippen LogP contribution in [0.1, 0.15) is 29.9 Å². The first-order valence-electron chi connectivity index (χ1n) is 4.82. The molecule has 1 radical (unpaired) electrons. The van der Waals surface area contributed by atoms with Crippen molar-refractivity contribution >= 4 is 0 Å². The van der Waals surface area contributed by atoms with Crippen LogP contribution in [0.4, 0.5) is 8.78 Å². The molecule has 0 amide bonds. The van der Waals surface area contributed by atoms with Gasteiger partial charge >= 0.3 is 6.61 Å². The van der Waals surface area contributed by atoms with Crippen LogP contribution in [0.3, 0.4) is 0 Å². The minimum absolute atomic E-state index is 0.284. The van der Waals surface area contributed by atoms with Crippen molar-refractivity contribution in [1.29, 1.82) is 0 Å². The van der Waals surface area contributed by atoms with Gasteiger partial charge in [0.15, 0.2) is 0 Å². The van der Waals surface area contributed by atoms with E-state index in [2.05, 4.69) is 17.4 Å². The van der Waals surface area contributed by atoms with E-state index in [4.69, 9.17) is 0 Å². The van der Waals surface area contributed by atoms with E-state index in [-0.39, 0.29) is 5.75 Å². The van der Waals surface area contributed by atoms with Gasteiger partial charge in [0.1, 0.15) is 5.75 Å². The van der Waals surface area contributed by atoms with E-state index in [0.717, 1.165) is 24.0 Å². The molecule has 1 saturated carbocycles. The van der Waals surface area contributed by atoms with Crippen molar-refractivity contribution in [2.24, 2.45) is 0 Å². The maximum absolute atomic E-state index is 12.1. The molecule has 1 aromatic carbocycles. The Morgan fingerprint density at radius 2 is 2.13 bits per heavy atom. The van der Waals surface area contributed by atoms with E-state index >= 15 is 0 Å². The van der Waals surface area contributed by atoms with E-state index in [1.54, 1.807) is 12.1 Å². The Morgan fingerprint density at radius 3 is 2.67 bits per heavy atom. The van der Waals surface area contributed by atoms with E-state index in [1.807, 2.05) is 6.07 Å². The van der Waals surface area contributed by atoms with E-state index in [1.165, 1.54) is 0 Å². The van der Waals surface area contributed by atoms with E-state index < -0.39 is 6.61 Å². The molecule has 0 aliphatic heterocycles. The molecule has 0 bridgehead atoms. The fourth-order valence-corrected chi connectivity index (χ4v) is 1.58. The minimum atomic E-state index is -2.76. The summed E-state index contributed by atoms with van der Waals surface area (Å²) in [4.78, 5) is 0. The van der Waals surface area contributed by atoms with Crippen LogP contribution in [0.15, 0.2) is 24.8 Å². The highest BCUT2D eigenvalue weighted by molar-refractivity contribution is 5.43. The SMILES string of the molecule is C=[C]c1ccc(OC(F)F)c(C2CC2)c1. The Balaban J connectivity index is 2.31. The van der Waals surface area contributed by atoms with Crippen LogP contribution in [0.2, 0.25) is 0 Å². The largest absolute Gasteiger partial charge is 0.435 e. The van der Waals surface area contributed by atoms with Crippen molar-refractivity contribution in [2.45, 2.75) is 25.4 Å². The fourth-order valence-electron chi connectivity index (χ4n) is 1.58. The summed E-state index contributed by atoms with van der Waals surface area (Å²) in [5.41, 5.74) is 1.67. The number of rotatable bonds is 4. The van der Waals surface area contributed by atoms with Crippen molar-refractivity contribution < 1.29 is 13.5 Å². The first-order chi connectivity index (χ1) is 7.20. The Bertz CT molecular complexity index is 370. The van der Waals surface area contributed by atoms with Gasteiger partial charge in [0.25, 0.3) is 0 Å². The topological polar surface area (TPSA) is 9.23 Å². The van der Waals surface area contributed by atoms with Crippen LogP contribution >= 0.6 is 0 Å². The van der Waals surface area contributed by atoms with Gasteiger partial charge in [-0.2, -0.15) is 8.78 Å². The molecule has 1 aliphatic carbocycles. The fraction of sp³-hybridized carbons (Fsp3) is 0.333. The lowest BCUT2D eigenvalue weighted by Crippen LogP contribution is -2.04. The predicted octanol–water partition coefficient (Wildman–Crippen LogP) is 3.50. The number of alkyl halides is 2. The normalized spacial score (nSPS) is 15.4. The second-order valence-corrected chi connectivity index (χ2v) is 3.58. The molecule has 79 valence electrons. The number of hydrogen-bond acceptors (Lipinski definition) is 1. The van der Waals surface area contributed by atoms with Gasteiger partial charge in [-0.3, -0.25) is 0 Å². The third kappa shape index (κ3) is 2.35. The molecule has 0 heterocycles. The molecule has 15 heavy (non-hydrogen) atoms. The van der Waals surface area contributed by atoms with Crippen molar-refractivity contribution in [2.75, 3.05) is 0 Å². The maximum Gasteiger partial charge on any atom is 0.387 e. The molecule has 0 spiro atoms. The lowest BCUT2D eigenvalue weighted by Gasteiger charge is -2.10. The Labute approximate surface area is 87.4 Å². The van der Waals surface area contributed by atoms with Crippen molar-refractivity contribution in [3.8, 4) is 5.75 Å². The smallest absolute Gasteiger partial charge is 0.387 e. The molecule has 2 rings (SSSR count). The molecule has 0 atom stereocenters. The average Bonchev–Trinajstić information content (AvgIpc) is 3.01. The van der Waals surface area contributed by atoms with Gasteiger partial charge < -0.3 is 4.74 Å². The molecule has 0 saturated heterocycles. The monoisotopic (exact) mass is 209 g/mol. The van der Waals surface area contributed by atoms with Crippen LogP contribution < -0.4 is 4.74 Å². The summed E-state index contributed by atoms with van der Waals surface area (Å²) in [6, 6.07) is 5.06. The third-order valence-corrected chi connectivity index (χ3v) is 2.45. The Morgan fingerprint density at radius 1 is 1.40 bits per heavy atom. The van der Waals surface area contributed by atoms with Gasteiger partial charge in [0.05, 0.1) is 0 Å². The number of ether oxygens (including phenoxy) is 1. The highest BCUT2D eigenvalue weighted by Crippen LogP contribution is 2.44. The average molecular weight is 209 g/mol. The zero-order chi connectivity index (χ0) is 10.8. The third-order valence-electron chi connectivity index (χ3n) is 2.45. The van der Waals surface area contributed by atoms with E-state index in [9.17, 15) is 8.78 Å².